The lowest BCUT2D eigenvalue weighted by Crippen LogP contribution is -2.26. The van der Waals surface area contributed by atoms with Crippen LogP contribution >= 0.6 is 15.9 Å². The molecule has 2 aromatic carbocycles. The van der Waals surface area contributed by atoms with Crippen LogP contribution in [0, 0.1) is 0 Å². The predicted molar refractivity (Wildman–Crippen MR) is 91.9 cm³/mol. The standard InChI is InChI=1S/C17H12BrF2NO6/c18-10-1-4-12(5-2-10)24-9-16(23)25-8-15(22)21-11-3-6-13-14(7-11)27-17(19,20)26-13/h1-7H,8-9H2,(H,21,22). The Morgan fingerprint density at radius 2 is 1.74 bits per heavy atom. The van der Waals surface area contributed by atoms with Crippen molar-refractivity contribution in [3.63, 3.8) is 0 Å². The summed E-state index contributed by atoms with van der Waals surface area (Å²) in [5, 5.41) is 2.39. The molecule has 142 valence electrons. The Balaban J connectivity index is 1.43. The summed E-state index contributed by atoms with van der Waals surface area (Å²) < 4.78 is 45.3. The van der Waals surface area contributed by atoms with E-state index in [1.54, 1.807) is 24.3 Å². The number of alkyl halides is 2. The van der Waals surface area contributed by atoms with Crippen LogP contribution < -0.4 is 19.5 Å². The predicted octanol–water partition coefficient (Wildman–Crippen LogP) is 3.33. The largest absolute Gasteiger partial charge is 0.586 e. The van der Waals surface area contributed by atoms with Gasteiger partial charge < -0.3 is 24.3 Å². The molecule has 0 saturated heterocycles. The molecule has 0 radical (unpaired) electrons. The van der Waals surface area contributed by atoms with Crippen LogP contribution in [0.3, 0.4) is 0 Å². The van der Waals surface area contributed by atoms with Crippen molar-refractivity contribution < 1.29 is 37.3 Å². The van der Waals surface area contributed by atoms with Gasteiger partial charge >= 0.3 is 12.3 Å². The minimum atomic E-state index is -3.74. The third-order valence-corrected chi connectivity index (χ3v) is 3.75. The number of ether oxygens (including phenoxy) is 4. The van der Waals surface area contributed by atoms with Crippen molar-refractivity contribution in [1.29, 1.82) is 0 Å². The summed E-state index contributed by atoms with van der Waals surface area (Å²) in [5.41, 5.74) is 0.183. The highest BCUT2D eigenvalue weighted by molar-refractivity contribution is 9.10. The number of esters is 1. The average molecular weight is 444 g/mol. The first-order valence-corrected chi connectivity index (χ1v) is 8.34. The lowest BCUT2D eigenvalue weighted by Gasteiger charge is -2.08. The van der Waals surface area contributed by atoms with Crippen molar-refractivity contribution >= 4 is 33.5 Å². The molecule has 27 heavy (non-hydrogen) atoms. The van der Waals surface area contributed by atoms with Crippen LogP contribution in [0.25, 0.3) is 0 Å². The van der Waals surface area contributed by atoms with Crippen molar-refractivity contribution in [1.82, 2.24) is 0 Å². The first kappa shape index (κ1) is 18.9. The minimum absolute atomic E-state index is 0.144. The van der Waals surface area contributed by atoms with Gasteiger partial charge in [-0.05, 0) is 36.4 Å². The number of hydrogen-bond donors (Lipinski definition) is 1. The van der Waals surface area contributed by atoms with E-state index in [0.29, 0.717) is 5.75 Å². The van der Waals surface area contributed by atoms with Gasteiger partial charge in [-0.3, -0.25) is 4.79 Å². The zero-order chi connectivity index (χ0) is 19.4. The molecule has 0 fully saturated rings. The second-order valence-electron chi connectivity index (χ2n) is 5.28. The Morgan fingerprint density at radius 3 is 2.48 bits per heavy atom. The summed E-state index contributed by atoms with van der Waals surface area (Å²) in [6, 6.07) is 10.6. The van der Waals surface area contributed by atoms with Gasteiger partial charge in [-0.2, -0.15) is 0 Å². The van der Waals surface area contributed by atoms with Crippen molar-refractivity contribution in [3.8, 4) is 17.2 Å². The molecule has 7 nitrogen and oxygen atoms in total. The highest BCUT2D eigenvalue weighted by Crippen LogP contribution is 2.42. The number of benzene rings is 2. The molecule has 0 unspecified atom stereocenters. The number of nitrogens with one attached hydrogen (secondary N) is 1. The third-order valence-electron chi connectivity index (χ3n) is 3.22. The number of rotatable bonds is 6. The van der Waals surface area contributed by atoms with Crippen LogP contribution in [0.4, 0.5) is 14.5 Å². The summed E-state index contributed by atoms with van der Waals surface area (Å²) in [6.07, 6.45) is -3.74. The zero-order valence-electron chi connectivity index (χ0n) is 13.5. The van der Waals surface area contributed by atoms with Gasteiger partial charge in [0.2, 0.25) is 0 Å². The van der Waals surface area contributed by atoms with Crippen LogP contribution in [0.5, 0.6) is 17.2 Å². The fourth-order valence-corrected chi connectivity index (χ4v) is 2.35. The lowest BCUT2D eigenvalue weighted by atomic mass is 10.3. The monoisotopic (exact) mass is 443 g/mol. The van der Waals surface area contributed by atoms with Crippen molar-refractivity contribution in [2.24, 2.45) is 0 Å². The number of carbonyl (C=O) groups excluding carboxylic acids is 2. The van der Waals surface area contributed by atoms with Crippen LogP contribution in [0.1, 0.15) is 0 Å². The van der Waals surface area contributed by atoms with Crippen LogP contribution in [0.2, 0.25) is 0 Å². The maximum absolute atomic E-state index is 13.0. The molecule has 0 atom stereocenters. The van der Waals surface area contributed by atoms with E-state index in [4.69, 9.17) is 9.47 Å². The zero-order valence-corrected chi connectivity index (χ0v) is 15.1. The normalized spacial score (nSPS) is 13.7. The number of amides is 1. The summed E-state index contributed by atoms with van der Waals surface area (Å²) in [5.74, 6) is -1.28. The molecule has 0 aromatic heterocycles. The first-order valence-electron chi connectivity index (χ1n) is 7.54. The molecule has 1 aliphatic rings. The highest BCUT2D eigenvalue weighted by Gasteiger charge is 2.43. The summed E-state index contributed by atoms with van der Waals surface area (Å²) >= 11 is 3.27. The molecule has 2 aromatic rings. The Morgan fingerprint density at radius 1 is 1.04 bits per heavy atom. The molecule has 0 spiro atoms. The molecular formula is C17H12BrF2NO6. The fourth-order valence-electron chi connectivity index (χ4n) is 2.08. The van der Waals surface area contributed by atoms with E-state index in [1.165, 1.54) is 18.2 Å². The number of carbonyl (C=O) groups is 2. The Hall–Kier alpha value is -2.88. The molecule has 1 heterocycles. The van der Waals surface area contributed by atoms with Gasteiger partial charge in [-0.1, -0.05) is 15.9 Å². The first-order chi connectivity index (χ1) is 12.8. The number of halogens is 3. The quantitative estimate of drug-likeness (QED) is 0.689. The fraction of sp³-hybridized carbons (Fsp3) is 0.176. The smallest absolute Gasteiger partial charge is 0.482 e. The third kappa shape index (κ3) is 5.30. The number of anilines is 1. The molecule has 0 bridgehead atoms. The lowest BCUT2D eigenvalue weighted by molar-refractivity contribution is -0.286. The van der Waals surface area contributed by atoms with Crippen molar-refractivity contribution in [3.05, 3.63) is 46.9 Å². The molecule has 1 amide bonds. The van der Waals surface area contributed by atoms with E-state index in [2.05, 4.69) is 30.7 Å². The van der Waals surface area contributed by atoms with Crippen molar-refractivity contribution in [2.45, 2.75) is 6.29 Å². The van der Waals surface area contributed by atoms with Gasteiger partial charge in [-0.25, -0.2) is 4.79 Å². The Labute approximate surface area is 160 Å². The van der Waals surface area contributed by atoms with E-state index < -0.39 is 24.8 Å². The van der Waals surface area contributed by atoms with Crippen LogP contribution in [-0.2, 0) is 14.3 Å². The topological polar surface area (TPSA) is 83.1 Å². The van der Waals surface area contributed by atoms with Crippen molar-refractivity contribution in [2.75, 3.05) is 18.5 Å². The van der Waals surface area contributed by atoms with Gasteiger partial charge in [0.25, 0.3) is 5.91 Å². The molecule has 1 aliphatic heterocycles. The van der Waals surface area contributed by atoms with Gasteiger partial charge in [0.05, 0.1) is 0 Å². The van der Waals surface area contributed by atoms with Gasteiger partial charge in [0.1, 0.15) is 5.75 Å². The van der Waals surface area contributed by atoms with E-state index in [9.17, 15) is 18.4 Å². The number of hydrogen-bond acceptors (Lipinski definition) is 6. The summed E-state index contributed by atoms with van der Waals surface area (Å²) in [4.78, 5) is 23.4. The Bertz CT molecular complexity index is 859. The van der Waals surface area contributed by atoms with Gasteiger partial charge in [0.15, 0.2) is 24.7 Å². The molecule has 3 rings (SSSR count). The van der Waals surface area contributed by atoms with Crippen LogP contribution in [0.15, 0.2) is 46.9 Å². The Kier molecular flexibility index (Phi) is 5.45. The maximum Gasteiger partial charge on any atom is 0.586 e. The van der Waals surface area contributed by atoms with Crippen LogP contribution in [-0.4, -0.2) is 31.4 Å². The van der Waals surface area contributed by atoms with Gasteiger partial charge in [-0.15, -0.1) is 8.78 Å². The van der Waals surface area contributed by atoms with E-state index in [-0.39, 0.29) is 23.8 Å². The number of fused-ring (bicyclic) bond motifs is 1. The van der Waals surface area contributed by atoms with E-state index in [0.717, 1.165) is 4.47 Å². The average Bonchev–Trinajstić information content (AvgIpc) is 2.92. The molecule has 0 aliphatic carbocycles. The second kappa shape index (κ2) is 7.78. The molecular weight excluding hydrogens is 432 g/mol. The second-order valence-corrected chi connectivity index (χ2v) is 6.20. The molecule has 0 saturated carbocycles. The van der Waals surface area contributed by atoms with E-state index >= 15 is 0 Å². The molecule has 1 N–H and O–H groups in total. The van der Waals surface area contributed by atoms with E-state index in [1.807, 2.05) is 0 Å². The molecule has 10 heteroatoms. The van der Waals surface area contributed by atoms with Gasteiger partial charge in [0, 0.05) is 16.2 Å². The highest BCUT2D eigenvalue weighted by atomic mass is 79.9. The minimum Gasteiger partial charge on any atom is -0.482 e. The summed E-state index contributed by atoms with van der Waals surface area (Å²) in [7, 11) is 0. The maximum atomic E-state index is 13.0. The summed E-state index contributed by atoms with van der Waals surface area (Å²) in [6.45, 7) is -0.929. The SMILES string of the molecule is O=C(COC(=O)COc1ccc(Br)cc1)Nc1ccc2c(c1)OC(F)(F)O2.